The number of hydrogen-bond acceptors (Lipinski definition) is 5. The Labute approximate surface area is 179 Å². The molecule has 0 aliphatic carbocycles. The summed E-state index contributed by atoms with van der Waals surface area (Å²) in [5.41, 5.74) is -0.347. The van der Waals surface area contributed by atoms with Crippen molar-refractivity contribution in [3.05, 3.63) is 47.8 Å². The van der Waals surface area contributed by atoms with Crippen LogP contribution in [0, 0.1) is 0 Å². The predicted octanol–water partition coefficient (Wildman–Crippen LogP) is 3.38. The maximum Gasteiger partial charge on any atom is 0.416 e. The average Bonchev–Trinajstić information content (AvgIpc) is 2.79. The molecule has 2 fully saturated rings. The zero-order valence-corrected chi connectivity index (χ0v) is 17.3. The van der Waals surface area contributed by atoms with Crippen LogP contribution in [-0.4, -0.2) is 60.0 Å². The van der Waals surface area contributed by atoms with E-state index in [0.717, 1.165) is 36.9 Å². The molecule has 4 rings (SSSR count). The fourth-order valence-corrected chi connectivity index (χ4v) is 4.14. The van der Waals surface area contributed by atoms with Crippen molar-refractivity contribution in [2.45, 2.75) is 31.9 Å². The third-order valence-electron chi connectivity index (χ3n) is 5.88. The number of carbonyl (C=O) groups excluding carboxylic acids is 1. The maximum absolute atomic E-state index is 12.9. The predicted molar refractivity (Wildman–Crippen MR) is 112 cm³/mol. The van der Waals surface area contributed by atoms with Crippen LogP contribution in [0.3, 0.4) is 0 Å². The molecule has 2 saturated heterocycles. The standard InChI is InChI=1S/C22H26F3N5O/c23-22(24,25)18-6-4-5-17(13-18)14-21(31)30-11-9-29(10-12-30)20-15-19(26-16-27-20)28-7-2-1-3-8-28/h4-6,13,15-16H,1-3,7-12,14H2. The zero-order valence-electron chi connectivity index (χ0n) is 17.3. The van der Waals surface area contributed by atoms with E-state index in [1.54, 1.807) is 17.3 Å². The molecular weight excluding hydrogens is 407 g/mol. The molecule has 31 heavy (non-hydrogen) atoms. The molecule has 0 radical (unpaired) electrons. The van der Waals surface area contributed by atoms with E-state index in [0.29, 0.717) is 31.7 Å². The quantitative estimate of drug-likeness (QED) is 0.740. The minimum Gasteiger partial charge on any atom is -0.356 e. The van der Waals surface area contributed by atoms with E-state index in [2.05, 4.69) is 19.8 Å². The monoisotopic (exact) mass is 433 g/mol. The highest BCUT2D eigenvalue weighted by atomic mass is 19.4. The lowest BCUT2D eigenvalue weighted by Crippen LogP contribution is -2.49. The van der Waals surface area contributed by atoms with Crippen LogP contribution in [0.5, 0.6) is 0 Å². The first-order valence-electron chi connectivity index (χ1n) is 10.7. The summed E-state index contributed by atoms with van der Waals surface area (Å²) in [7, 11) is 0. The topological polar surface area (TPSA) is 52.6 Å². The first-order valence-corrected chi connectivity index (χ1v) is 10.7. The smallest absolute Gasteiger partial charge is 0.356 e. The van der Waals surface area contributed by atoms with Crippen LogP contribution in [0.15, 0.2) is 36.7 Å². The molecule has 1 aromatic carbocycles. The molecule has 0 bridgehead atoms. The summed E-state index contributed by atoms with van der Waals surface area (Å²) in [5.74, 6) is 1.63. The Balaban J connectivity index is 1.34. The van der Waals surface area contributed by atoms with Crippen LogP contribution in [0.25, 0.3) is 0 Å². The molecule has 0 saturated carbocycles. The van der Waals surface area contributed by atoms with E-state index in [-0.39, 0.29) is 12.3 Å². The number of piperazine rings is 1. The summed E-state index contributed by atoms with van der Waals surface area (Å²) in [6.07, 6.45) is 0.749. The highest BCUT2D eigenvalue weighted by Crippen LogP contribution is 2.29. The summed E-state index contributed by atoms with van der Waals surface area (Å²) in [4.78, 5) is 27.6. The number of rotatable bonds is 4. The average molecular weight is 433 g/mol. The molecule has 0 spiro atoms. The summed E-state index contributed by atoms with van der Waals surface area (Å²) < 4.78 is 38.7. The third-order valence-corrected chi connectivity index (χ3v) is 5.88. The van der Waals surface area contributed by atoms with Crippen LogP contribution in [0.1, 0.15) is 30.4 Å². The molecule has 9 heteroatoms. The SMILES string of the molecule is O=C(Cc1cccc(C(F)(F)F)c1)N1CCN(c2cc(N3CCCCC3)ncn2)CC1. The van der Waals surface area contributed by atoms with Gasteiger partial charge in [-0.25, -0.2) is 9.97 Å². The summed E-state index contributed by atoms with van der Waals surface area (Å²) >= 11 is 0. The molecule has 0 atom stereocenters. The second-order valence-electron chi connectivity index (χ2n) is 8.02. The third kappa shape index (κ3) is 5.26. The van der Waals surface area contributed by atoms with Crippen molar-refractivity contribution in [1.29, 1.82) is 0 Å². The second-order valence-corrected chi connectivity index (χ2v) is 8.02. The van der Waals surface area contributed by atoms with Gasteiger partial charge in [0.15, 0.2) is 0 Å². The Bertz CT molecular complexity index is 906. The zero-order chi connectivity index (χ0) is 21.8. The van der Waals surface area contributed by atoms with Gasteiger partial charge in [0.1, 0.15) is 18.0 Å². The fourth-order valence-electron chi connectivity index (χ4n) is 4.14. The lowest BCUT2D eigenvalue weighted by molar-refractivity contribution is -0.138. The van der Waals surface area contributed by atoms with Gasteiger partial charge in [-0.3, -0.25) is 4.79 Å². The molecule has 2 aliphatic heterocycles. The summed E-state index contributed by atoms with van der Waals surface area (Å²) in [6, 6.07) is 6.99. The maximum atomic E-state index is 12.9. The van der Waals surface area contributed by atoms with Crippen molar-refractivity contribution >= 4 is 17.5 Å². The van der Waals surface area contributed by atoms with Crippen molar-refractivity contribution in [2.24, 2.45) is 0 Å². The summed E-state index contributed by atoms with van der Waals surface area (Å²) in [5, 5.41) is 0. The first kappa shape index (κ1) is 21.4. The number of carbonyl (C=O) groups is 1. The van der Waals surface area contributed by atoms with E-state index in [4.69, 9.17) is 0 Å². The van der Waals surface area contributed by atoms with Gasteiger partial charge < -0.3 is 14.7 Å². The Kier molecular flexibility index (Phi) is 6.29. The lowest BCUT2D eigenvalue weighted by atomic mass is 10.1. The Hall–Kier alpha value is -2.84. The number of piperidine rings is 1. The van der Waals surface area contributed by atoms with E-state index in [1.165, 1.54) is 25.3 Å². The highest BCUT2D eigenvalue weighted by molar-refractivity contribution is 5.79. The van der Waals surface area contributed by atoms with E-state index >= 15 is 0 Å². The van der Waals surface area contributed by atoms with Crippen LogP contribution < -0.4 is 9.80 Å². The minimum absolute atomic E-state index is 0.0312. The van der Waals surface area contributed by atoms with Gasteiger partial charge in [0, 0.05) is 45.3 Å². The van der Waals surface area contributed by atoms with Gasteiger partial charge in [-0.15, -0.1) is 0 Å². The Morgan fingerprint density at radius 1 is 0.871 bits per heavy atom. The number of aromatic nitrogens is 2. The summed E-state index contributed by atoms with van der Waals surface area (Å²) in [6.45, 7) is 4.31. The highest BCUT2D eigenvalue weighted by Gasteiger charge is 2.31. The van der Waals surface area contributed by atoms with Crippen molar-refractivity contribution in [3.8, 4) is 0 Å². The number of amides is 1. The van der Waals surface area contributed by atoms with Gasteiger partial charge in [0.25, 0.3) is 0 Å². The van der Waals surface area contributed by atoms with Gasteiger partial charge in [0.2, 0.25) is 5.91 Å². The van der Waals surface area contributed by atoms with Crippen molar-refractivity contribution in [3.63, 3.8) is 0 Å². The first-order chi connectivity index (χ1) is 14.9. The van der Waals surface area contributed by atoms with Crippen LogP contribution in [0.2, 0.25) is 0 Å². The van der Waals surface area contributed by atoms with Gasteiger partial charge in [-0.05, 0) is 30.9 Å². The Morgan fingerprint density at radius 3 is 2.16 bits per heavy atom. The number of anilines is 2. The lowest BCUT2D eigenvalue weighted by Gasteiger charge is -2.36. The van der Waals surface area contributed by atoms with Gasteiger partial charge in [0.05, 0.1) is 12.0 Å². The molecule has 0 N–H and O–H groups in total. The van der Waals surface area contributed by atoms with Crippen LogP contribution in [-0.2, 0) is 17.4 Å². The van der Waals surface area contributed by atoms with Crippen LogP contribution >= 0.6 is 0 Å². The number of hydrogen-bond donors (Lipinski definition) is 0. The van der Waals surface area contributed by atoms with E-state index in [9.17, 15) is 18.0 Å². The molecule has 2 aromatic rings. The number of halogens is 3. The number of benzene rings is 1. The molecule has 2 aliphatic rings. The number of nitrogens with zero attached hydrogens (tertiary/aromatic N) is 5. The molecular formula is C22H26F3N5O. The fraction of sp³-hybridized carbons (Fsp3) is 0.500. The van der Waals surface area contributed by atoms with Crippen molar-refractivity contribution in [2.75, 3.05) is 49.1 Å². The van der Waals surface area contributed by atoms with Gasteiger partial charge in [-0.2, -0.15) is 13.2 Å². The number of alkyl halides is 3. The molecule has 0 unspecified atom stereocenters. The van der Waals surface area contributed by atoms with E-state index < -0.39 is 11.7 Å². The Morgan fingerprint density at radius 2 is 1.52 bits per heavy atom. The largest absolute Gasteiger partial charge is 0.416 e. The van der Waals surface area contributed by atoms with Gasteiger partial charge in [-0.1, -0.05) is 18.2 Å². The molecule has 1 amide bonds. The molecule has 166 valence electrons. The van der Waals surface area contributed by atoms with Crippen molar-refractivity contribution in [1.82, 2.24) is 14.9 Å². The van der Waals surface area contributed by atoms with E-state index in [1.807, 2.05) is 6.07 Å². The van der Waals surface area contributed by atoms with Crippen LogP contribution in [0.4, 0.5) is 24.8 Å². The molecule has 3 heterocycles. The minimum atomic E-state index is -4.41. The normalized spacial score (nSPS) is 17.7. The second kappa shape index (κ2) is 9.11. The molecule has 1 aromatic heterocycles. The van der Waals surface area contributed by atoms with Crippen molar-refractivity contribution < 1.29 is 18.0 Å². The van der Waals surface area contributed by atoms with Gasteiger partial charge >= 0.3 is 6.18 Å². The molecule has 6 nitrogen and oxygen atoms in total.